The zero-order valence-corrected chi connectivity index (χ0v) is 8.96. The quantitative estimate of drug-likeness (QED) is 0.594. The van der Waals surface area contributed by atoms with Crippen LogP contribution in [0.4, 0.5) is 4.39 Å². The van der Waals surface area contributed by atoms with Gasteiger partial charge in [0, 0.05) is 6.08 Å². The van der Waals surface area contributed by atoms with Crippen LogP contribution in [-0.4, -0.2) is 11.9 Å². The van der Waals surface area contributed by atoms with Crippen LogP contribution in [0.2, 0.25) is 0 Å². The summed E-state index contributed by atoms with van der Waals surface area (Å²) in [5.74, 6) is -0.779. The van der Waals surface area contributed by atoms with Crippen molar-refractivity contribution in [1.82, 2.24) is 0 Å². The number of benzene rings is 1. The van der Waals surface area contributed by atoms with Crippen molar-refractivity contribution in [3.05, 3.63) is 42.0 Å². The molecule has 1 aromatic carbocycles. The van der Waals surface area contributed by atoms with Gasteiger partial charge in [0.1, 0.15) is 5.75 Å². The van der Waals surface area contributed by atoms with Crippen molar-refractivity contribution in [2.24, 2.45) is 0 Å². The molecule has 3 nitrogen and oxygen atoms in total. The van der Waals surface area contributed by atoms with Gasteiger partial charge in [-0.05, 0) is 30.2 Å². The predicted molar refractivity (Wildman–Crippen MR) is 62.1 cm³/mol. The zero-order chi connectivity index (χ0) is 12.0. The lowest BCUT2D eigenvalue weighted by Crippen LogP contribution is -2.03. The standard InChI is InChI=1S/C12H13FN2O/c1-2-9-3-5-10(6-4-9)16-12(15)8-7-11(13)14/h3-8,14-15H,2H2,1H3/b8-7-,14-11?,15-12?. The molecule has 0 unspecified atom stereocenters. The first-order valence-electron chi connectivity index (χ1n) is 4.89. The summed E-state index contributed by atoms with van der Waals surface area (Å²) in [4.78, 5) is 0. The van der Waals surface area contributed by atoms with Gasteiger partial charge in [-0.2, -0.15) is 4.39 Å². The van der Waals surface area contributed by atoms with E-state index in [-0.39, 0.29) is 5.90 Å². The molecule has 0 aliphatic carbocycles. The van der Waals surface area contributed by atoms with Crippen LogP contribution >= 0.6 is 0 Å². The Bertz CT molecular complexity index is 410. The second-order valence-corrected chi connectivity index (χ2v) is 3.15. The molecular weight excluding hydrogens is 207 g/mol. The number of aryl methyl sites for hydroxylation is 1. The first-order valence-corrected chi connectivity index (χ1v) is 4.89. The van der Waals surface area contributed by atoms with Gasteiger partial charge in [-0.1, -0.05) is 19.1 Å². The van der Waals surface area contributed by atoms with Crippen LogP contribution < -0.4 is 4.74 Å². The SMILES string of the molecule is CCc1ccc(OC(=N)/C=C\C(=N)F)cc1. The lowest BCUT2D eigenvalue weighted by atomic mass is 10.2. The molecule has 16 heavy (non-hydrogen) atoms. The first-order chi connectivity index (χ1) is 7.61. The third-order valence-corrected chi connectivity index (χ3v) is 1.94. The number of hydrogen-bond acceptors (Lipinski definition) is 3. The molecule has 0 aliphatic rings. The number of ether oxygens (including phenoxy) is 1. The largest absolute Gasteiger partial charge is 0.440 e. The zero-order valence-electron chi connectivity index (χ0n) is 8.96. The number of hydrogen-bond donors (Lipinski definition) is 2. The van der Waals surface area contributed by atoms with Gasteiger partial charge < -0.3 is 4.74 Å². The normalized spacial score (nSPS) is 10.4. The Morgan fingerprint density at radius 2 is 1.88 bits per heavy atom. The Morgan fingerprint density at radius 1 is 1.25 bits per heavy atom. The van der Waals surface area contributed by atoms with Gasteiger partial charge in [-0.3, -0.25) is 10.8 Å². The highest BCUT2D eigenvalue weighted by Gasteiger charge is 1.97. The molecule has 0 heterocycles. The van der Waals surface area contributed by atoms with E-state index >= 15 is 0 Å². The molecule has 2 N–H and O–H groups in total. The molecule has 0 saturated heterocycles. The van der Waals surface area contributed by atoms with E-state index in [0.717, 1.165) is 18.6 Å². The Hall–Kier alpha value is -1.97. The van der Waals surface area contributed by atoms with E-state index in [9.17, 15) is 4.39 Å². The fourth-order valence-electron chi connectivity index (χ4n) is 1.10. The lowest BCUT2D eigenvalue weighted by Gasteiger charge is -2.03. The van der Waals surface area contributed by atoms with E-state index < -0.39 is 5.97 Å². The second kappa shape index (κ2) is 5.80. The fourth-order valence-corrected chi connectivity index (χ4v) is 1.10. The molecule has 1 aromatic rings. The van der Waals surface area contributed by atoms with Crippen LogP contribution in [0.3, 0.4) is 0 Å². The number of nitrogens with one attached hydrogen (secondary N) is 2. The van der Waals surface area contributed by atoms with Crippen molar-refractivity contribution in [2.75, 3.05) is 0 Å². The molecule has 0 saturated carbocycles. The lowest BCUT2D eigenvalue weighted by molar-refractivity contribution is 0.550. The minimum Gasteiger partial charge on any atom is -0.440 e. The summed E-state index contributed by atoms with van der Waals surface area (Å²) in [5, 5.41) is 13.9. The van der Waals surface area contributed by atoms with Crippen LogP contribution in [0.15, 0.2) is 36.4 Å². The van der Waals surface area contributed by atoms with Crippen molar-refractivity contribution in [3.8, 4) is 5.75 Å². The van der Waals surface area contributed by atoms with Gasteiger partial charge >= 0.3 is 0 Å². The average Bonchev–Trinajstić information content (AvgIpc) is 2.27. The van der Waals surface area contributed by atoms with Gasteiger partial charge in [-0.15, -0.1) is 0 Å². The number of rotatable bonds is 4. The van der Waals surface area contributed by atoms with Crippen molar-refractivity contribution in [3.63, 3.8) is 0 Å². The van der Waals surface area contributed by atoms with Crippen molar-refractivity contribution in [2.45, 2.75) is 13.3 Å². The molecule has 0 aliphatic heterocycles. The van der Waals surface area contributed by atoms with E-state index in [1.54, 1.807) is 12.1 Å². The van der Waals surface area contributed by atoms with Gasteiger partial charge in [0.05, 0.1) is 0 Å². The maximum Gasteiger partial charge on any atom is 0.212 e. The summed E-state index contributed by atoms with van der Waals surface area (Å²) in [6.07, 6.45) is 2.90. The predicted octanol–water partition coefficient (Wildman–Crippen LogP) is 3.11. The van der Waals surface area contributed by atoms with Crippen LogP contribution in [0.25, 0.3) is 0 Å². The molecule has 0 amide bonds. The third-order valence-electron chi connectivity index (χ3n) is 1.94. The van der Waals surface area contributed by atoms with Gasteiger partial charge in [0.15, 0.2) is 0 Å². The minimum atomic E-state index is -1.10. The fraction of sp³-hybridized carbons (Fsp3) is 0.167. The second-order valence-electron chi connectivity index (χ2n) is 3.15. The highest BCUT2D eigenvalue weighted by atomic mass is 19.1. The monoisotopic (exact) mass is 220 g/mol. The Balaban J connectivity index is 2.59. The van der Waals surface area contributed by atoms with Crippen LogP contribution in [0, 0.1) is 10.8 Å². The minimum absolute atomic E-state index is 0.202. The highest BCUT2D eigenvalue weighted by molar-refractivity contribution is 5.94. The maximum atomic E-state index is 12.0. The Kier molecular flexibility index (Phi) is 4.39. The molecule has 0 aromatic heterocycles. The number of halogens is 1. The molecule has 0 fully saturated rings. The summed E-state index contributed by atoms with van der Waals surface area (Å²) in [5.41, 5.74) is 1.18. The molecule has 84 valence electrons. The average molecular weight is 220 g/mol. The summed E-state index contributed by atoms with van der Waals surface area (Å²) < 4.78 is 17.1. The molecule has 0 bridgehead atoms. The van der Waals surface area contributed by atoms with E-state index in [1.165, 1.54) is 5.56 Å². The van der Waals surface area contributed by atoms with Crippen molar-refractivity contribution >= 4 is 11.9 Å². The summed E-state index contributed by atoms with van der Waals surface area (Å²) in [6.45, 7) is 2.05. The maximum absolute atomic E-state index is 12.0. The summed E-state index contributed by atoms with van der Waals surface area (Å²) >= 11 is 0. The Morgan fingerprint density at radius 3 is 2.38 bits per heavy atom. The summed E-state index contributed by atoms with van der Waals surface area (Å²) in [6, 6.07) is 7.32. The molecule has 0 atom stereocenters. The number of allylic oxidation sites excluding steroid dienone is 1. The van der Waals surface area contributed by atoms with E-state index in [0.29, 0.717) is 5.75 Å². The first kappa shape index (κ1) is 12.1. The van der Waals surface area contributed by atoms with E-state index in [1.807, 2.05) is 19.1 Å². The molecule has 4 heteroatoms. The highest BCUT2D eigenvalue weighted by Crippen LogP contribution is 2.12. The van der Waals surface area contributed by atoms with E-state index in [2.05, 4.69) is 0 Å². The molecule has 0 spiro atoms. The topological polar surface area (TPSA) is 56.9 Å². The van der Waals surface area contributed by atoms with Crippen LogP contribution in [0.5, 0.6) is 5.75 Å². The molecule has 1 rings (SSSR count). The van der Waals surface area contributed by atoms with Gasteiger partial charge in [0.25, 0.3) is 0 Å². The van der Waals surface area contributed by atoms with Crippen LogP contribution in [0.1, 0.15) is 12.5 Å². The molecule has 0 radical (unpaired) electrons. The molecular formula is C12H13FN2O. The summed E-state index contributed by atoms with van der Waals surface area (Å²) in [7, 11) is 0. The van der Waals surface area contributed by atoms with Crippen LogP contribution in [-0.2, 0) is 6.42 Å². The van der Waals surface area contributed by atoms with Gasteiger partial charge in [0.2, 0.25) is 11.9 Å². The Labute approximate surface area is 93.6 Å². The van der Waals surface area contributed by atoms with Gasteiger partial charge in [-0.25, -0.2) is 0 Å². The van der Waals surface area contributed by atoms with Crippen molar-refractivity contribution in [1.29, 1.82) is 10.8 Å². The smallest absolute Gasteiger partial charge is 0.212 e. The third kappa shape index (κ3) is 4.04. The van der Waals surface area contributed by atoms with E-state index in [4.69, 9.17) is 15.6 Å². The van der Waals surface area contributed by atoms with Crippen molar-refractivity contribution < 1.29 is 9.13 Å².